The highest BCUT2D eigenvalue weighted by Gasteiger charge is 2.17. The van der Waals surface area contributed by atoms with E-state index in [1.54, 1.807) is 12.1 Å². The molecule has 0 aliphatic heterocycles. The zero-order chi connectivity index (χ0) is 15.1. The number of nitrogen functional groups attached to an aromatic ring is 1. The zero-order valence-electron chi connectivity index (χ0n) is 11.9. The minimum atomic E-state index is -0.368. The molecule has 0 heterocycles. The third kappa shape index (κ3) is 5.44. The van der Waals surface area contributed by atoms with Crippen molar-refractivity contribution in [2.45, 2.75) is 52.1 Å². The third-order valence-electron chi connectivity index (χ3n) is 3.09. The SMILES string of the molecule is CCCCCCC(C)OC(=O)c1cc(Br)cc(Br)c1N. The molecule has 2 N–H and O–H groups in total. The van der Waals surface area contributed by atoms with E-state index >= 15 is 0 Å². The molecule has 1 aromatic rings. The number of carbonyl (C=O) groups excluding carboxylic acids is 1. The van der Waals surface area contributed by atoms with E-state index in [4.69, 9.17) is 10.5 Å². The average Bonchev–Trinajstić information content (AvgIpc) is 2.38. The van der Waals surface area contributed by atoms with Gasteiger partial charge in [-0.25, -0.2) is 4.79 Å². The lowest BCUT2D eigenvalue weighted by Gasteiger charge is -2.14. The molecule has 0 aliphatic carbocycles. The third-order valence-corrected chi connectivity index (χ3v) is 4.20. The highest BCUT2D eigenvalue weighted by atomic mass is 79.9. The number of anilines is 1. The number of nitrogens with two attached hydrogens (primary N) is 1. The van der Waals surface area contributed by atoms with Crippen molar-refractivity contribution in [2.24, 2.45) is 0 Å². The number of rotatable bonds is 7. The minimum absolute atomic E-state index is 0.0866. The Morgan fingerprint density at radius 1 is 1.30 bits per heavy atom. The summed E-state index contributed by atoms with van der Waals surface area (Å²) >= 11 is 6.68. The van der Waals surface area contributed by atoms with Gasteiger partial charge in [0.25, 0.3) is 0 Å². The molecule has 0 aromatic heterocycles. The summed E-state index contributed by atoms with van der Waals surface area (Å²) in [5, 5.41) is 0. The maximum atomic E-state index is 12.1. The lowest BCUT2D eigenvalue weighted by atomic mass is 10.1. The van der Waals surface area contributed by atoms with Crippen molar-refractivity contribution in [1.82, 2.24) is 0 Å². The van der Waals surface area contributed by atoms with Gasteiger partial charge in [0.1, 0.15) is 0 Å². The second-order valence-electron chi connectivity index (χ2n) is 4.91. The molecular weight excluding hydrogens is 386 g/mol. The van der Waals surface area contributed by atoms with Gasteiger partial charge in [0.15, 0.2) is 0 Å². The van der Waals surface area contributed by atoms with Crippen LogP contribution in [0.15, 0.2) is 21.1 Å². The van der Waals surface area contributed by atoms with Crippen LogP contribution in [0.3, 0.4) is 0 Å². The highest BCUT2D eigenvalue weighted by molar-refractivity contribution is 9.11. The molecule has 1 aromatic carbocycles. The average molecular weight is 407 g/mol. The Balaban J connectivity index is 2.58. The number of unbranched alkanes of at least 4 members (excludes halogenated alkanes) is 3. The van der Waals surface area contributed by atoms with Gasteiger partial charge in [-0.15, -0.1) is 0 Å². The minimum Gasteiger partial charge on any atom is -0.459 e. The van der Waals surface area contributed by atoms with Crippen LogP contribution in [0.5, 0.6) is 0 Å². The Labute approximate surface area is 137 Å². The van der Waals surface area contributed by atoms with Crippen LogP contribution in [-0.4, -0.2) is 12.1 Å². The molecule has 0 spiro atoms. The van der Waals surface area contributed by atoms with Gasteiger partial charge in [-0.3, -0.25) is 0 Å². The van der Waals surface area contributed by atoms with E-state index in [-0.39, 0.29) is 12.1 Å². The Bertz CT molecular complexity index is 463. The number of ether oxygens (including phenoxy) is 1. The van der Waals surface area contributed by atoms with Gasteiger partial charge < -0.3 is 10.5 Å². The first-order chi connectivity index (χ1) is 9.45. The van der Waals surface area contributed by atoms with Crippen molar-refractivity contribution in [2.75, 3.05) is 5.73 Å². The van der Waals surface area contributed by atoms with E-state index in [1.165, 1.54) is 19.3 Å². The van der Waals surface area contributed by atoms with E-state index in [0.29, 0.717) is 15.7 Å². The summed E-state index contributed by atoms with van der Waals surface area (Å²) in [7, 11) is 0. The van der Waals surface area contributed by atoms with Crippen molar-refractivity contribution >= 4 is 43.5 Å². The summed E-state index contributed by atoms with van der Waals surface area (Å²) in [5.74, 6) is -0.368. The summed E-state index contributed by atoms with van der Waals surface area (Å²) < 4.78 is 6.93. The monoisotopic (exact) mass is 405 g/mol. The lowest BCUT2D eigenvalue weighted by molar-refractivity contribution is 0.0320. The fraction of sp³-hybridized carbons (Fsp3) is 0.533. The van der Waals surface area contributed by atoms with Crippen molar-refractivity contribution < 1.29 is 9.53 Å². The summed E-state index contributed by atoms with van der Waals surface area (Å²) in [6, 6.07) is 3.49. The van der Waals surface area contributed by atoms with E-state index in [0.717, 1.165) is 17.3 Å². The molecule has 0 saturated carbocycles. The van der Waals surface area contributed by atoms with Gasteiger partial charge in [-0.2, -0.15) is 0 Å². The van der Waals surface area contributed by atoms with E-state index in [1.807, 2.05) is 6.92 Å². The fourth-order valence-electron chi connectivity index (χ4n) is 1.92. The van der Waals surface area contributed by atoms with Crippen molar-refractivity contribution in [3.8, 4) is 0 Å². The number of carbonyl (C=O) groups is 1. The smallest absolute Gasteiger partial charge is 0.340 e. The molecule has 0 aliphatic rings. The number of halogens is 2. The molecule has 0 radical (unpaired) electrons. The van der Waals surface area contributed by atoms with Gasteiger partial charge in [-0.05, 0) is 47.8 Å². The first-order valence-electron chi connectivity index (χ1n) is 6.91. The van der Waals surface area contributed by atoms with Crippen LogP contribution in [-0.2, 0) is 4.74 Å². The van der Waals surface area contributed by atoms with Crippen LogP contribution in [0.25, 0.3) is 0 Å². The zero-order valence-corrected chi connectivity index (χ0v) is 15.1. The Kier molecular flexibility index (Phi) is 7.59. The lowest BCUT2D eigenvalue weighted by Crippen LogP contribution is -2.16. The van der Waals surface area contributed by atoms with Crippen molar-refractivity contribution in [3.05, 3.63) is 26.6 Å². The molecule has 1 unspecified atom stereocenters. The number of esters is 1. The molecule has 1 atom stereocenters. The Hall–Kier alpha value is -0.550. The van der Waals surface area contributed by atoms with E-state index in [2.05, 4.69) is 38.8 Å². The first-order valence-corrected chi connectivity index (χ1v) is 8.49. The molecule has 20 heavy (non-hydrogen) atoms. The first kappa shape index (κ1) is 17.5. The predicted octanol–water partition coefficient (Wildman–Crippen LogP) is 5.31. The molecule has 0 saturated heterocycles. The predicted molar refractivity (Wildman–Crippen MR) is 89.9 cm³/mol. The summed E-state index contributed by atoms with van der Waals surface area (Å²) in [5.41, 5.74) is 6.71. The number of benzene rings is 1. The van der Waals surface area contributed by atoms with Crippen LogP contribution in [0.1, 0.15) is 56.3 Å². The van der Waals surface area contributed by atoms with Crippen LogP contribution in [0.2, 0.25) is 0 Å². The standard InChI is InChI=1S/C15H21Br2NO2/c1-3-4-5-6-7-10(2)20-15(19)12-8-11(16)9-13(17)14(12)18/h8-10H,3-7,18H2,1-2H3. The Morgan fingerprint density at radius 3 is 2.65 bits per heavy atom. The maximum absolute atomic E-state index is 12.1. The molecule has 112 valence electrons. The number of hydrogen-bond donors (Lipinski definition) is 1. The molecule has 0 bridgehead atoms. The quantitative estimate of drug-likeness (QED) is 0.379. The second-order valence-corrected chi connectivity index (χ2v) is 6.68. The van der Waals surface area contributed by atoms with Gasteiger partial charge in [0.05, 0.1) is 17.4 Å². The maximum Gasteiger partial charge on any atom is 0.340 e. The van der Waals surface area contributed by atoms with E-state index < -0.39 is 0 Å². The molecular formula is C15H21Br2NO2. The second kappa shape index (κ2) is 8.67. The molecule has 3 nitrogen and oxygen atoms in total. The summed E-state index contributed by atoms with van der Waals surface area (Å²) in [4.78, 5) is 12.1. The van der Waals surface area contributed by atoms with Crippen LogP contribution >= 0.6 is 31.9 Å². The van der Waals surface area contributed by atoms with E-state index in [9.17, 15) is 4.79 Å². The van der Waals surface area contributed by atoms with Crippen molar-refractivity contribution in [1.29, 1.82) is 0 Å². The normalized spacial score (nSPS) is 12.2. The summed E-state index contributed by atoms with van der Waals surface area (Å²) in [6.07, 6.45) is 5.50. The summed E-state index contributed by atoms with van der Waals surface area (Å²) in [6.45, 7) is 4.10. The molecule has 0 fully saturated rings. The van der Waals surface area contributed by atoms with Crippen LogP contribution in [0.4, 0.5) is 5.69 Å². The topological polar surface area (TPSA) is 52.3 Å². The van der Waals surface area contributed by atoms with Crippen LogP contribution < -0.4 is 5.73 Å². The fourth-order valence-corrected chi connectivity index (χ4v) is 3.14. The molecule has 0 amide bonds. The Morgan fingerprint density at radius 2 is 2.00 bits per heavy atom. The van der Waals surface area contributed by atoms with Crippen molar-refractivity contribution in [3.63, 3.8) is 0 Å². The van der Waals surface area contributed by atoms with Gasteiger partial charge in [-0.1, -0.05) is 42.1 Å². The van der Waals surface area contributed by atoms with Gasteiger partial charge in [0, 0.05) is 8.95 Å². The highest BCUT2D eigenvalue weighted by Crippen LogP contribution is 2.29. The van der Waals surface area contributed by atoms with Gasteiger partial charge in [0.2, 0.25) is 0 Å². The molecule has 1 rings (SSSR count). The number of hydrogen-bond acceptors (Lipinski definition) is 3. The molecule has 5 heteroatoms. The largest absolute Gasteiger partial charge is 0.459 e. The van der Waals surface area contributed by atoms with Crippen LogP contribution in [0, 0.1) is 0 Å². The van der Waals surface area contributed by atoms with Gasteiger partial charge >= 0.3 is 5.97 Å².